The molecule has 6 nitrogen and oxygen atoms in total. The van der Waals surface area contributed by atoms with Gasteiger partial charge in [0, 0.05) is 25.3 Å². The molecule has 0 fully saturated rings. The number of benzene rings is 1. The molecule has 0 saturated heterocycles. The Hall–Kier alpha value is -1.44. The molecule has 0 aromatic heterocycles. The van der Waals surface area contributed by atoms with Crippen LogP contribution in [0.5, 0.6) is 0 Å². The number of carbonyl (C=O) groups is 1. The predicted octanol–water partition coefficient (Wildman–Crippen LogP) is 2.31. The van der Waals surface area contributed by atoms with Gasteiger partial charge in [0.1, 0.15) is 0 Å². The van der Waals surface area contributed by atoms with Crippen LogP contribution < -0.4 is 10.0 Å². The Morgan fingerprint density at radius 3 is 2.46 bits per heavy atom. The van der Waals surface area contributed by atoms with Gasteiger partial charge in [0.2, 0.25) is 10.0 Å². The summed E-state index contributed by atoms with van der Waals surface area (Å²) in [7, 11) is -2.07. The molecule has 0 aliphatic heterocycles. The van der Waals surface area contributed by atoms with Gasteiger partial charge in [-0.15, -0.1) is 0 Å². The number of rotatable bonds is 11. The third kappa shape index (κ3) is 6.98. The summed E-state index contributed by atoms with van der Waals surface area (Å²) < 4.78 is 31.3. The fraction of sp³-hybridized carbons (Fsp3) is 0.588. The topological polar surface area (TPSA) is 84.5 Å². The third-order valence-electron chi connectivity index (χ3n) is 3.64. The van der Waals surface area contributed by atoms with Gasteiger partial charge in [-0.3, -0.25) is 4.79 Å². The van der Waals surface area contributed by atoms with Crippen LogP contribution in [0.25, 0.3) is 0 Å². The van der Waals surface area contributed by atoms with Crippen LogP contribution in [0.4, 0.5) is 0 Å². The van der Waals surface area contributed by atoms with E-state index >= 15 is 0 Å². The van der Waals surface area contributed by atoms with E-state index in [-0.39, 0.29) is 23.4 Å². The molecule has 7 heteroatoms. The predicted molar refractivity (Wildman–Crippen MR) is 94.6 cm³/mol. The van der Waals surface area contributed by atoms with Gasteiger partial charge in [-0.25, -0.2) is 13.1 Å². The molecule has 1 atom stereocenters. The lowest BCUT2D eigenvalue weighted by molar-refractivity contribution is 0.0938. The van der Waals surface area contributed by atoms with Crippen LogP contribution in [0.2, 0.25) is 0 Å². The van der Waals surface area contributed by atoms with E-state index in [0.29, 0.717) is 12.2 Å². The van der Waals surface area contributed by atoms with E-state index in [9.17, 15) is 13.2 Å². The fourth-order valence-corrected chi connectivity index (χ4v) is 3.24. The zero-order valence-corrected chi connectivity index (χ0v) is 15.5. The second-order valence-electron chi connectivity index (χ2n) is 5.79. The molecule has 1 unspecified atom stereocenters. The summed E-state index contributed by atoms with van der Waals surface area (Å²) >= 11 is 0. The van der Waals surface area contributed by atoms with Gasteiger partial charge in [-0.1, -0.05) is 26.2 Å². The Morgan fingerprint density at radius 1 is 1.21 bits per heavy atom. The summed E-state index contributed by atoms with van der Waals surface area (Å²) in [5.74, 6) is -0.185. The summed E-state index contributed by atoms with van der Waals surface area (Å²) in [5, 5.41) is 2.93. The van der Waals surface area contributed by atoms with E-state index in [0.717, 1.165) is 25.7 Å². The van der Waals surface area contributed by atoms with Gasteiger partial charge in [0.15, 0.2) is 0 Å². The SMILES string of the molecule is CCCCCC(C)NC(=O)c1ccc(S(=O)(=O)NCCOC)cc1. The normalized spacial score (nSPS) is 12.8. The van der Waals surface area contributed by atoms with Crippen LogP contribution in [-0.4, -0.2) is 40.6 Å². The van der Waals surface area contributed by atoms with Crippen molar-refractivity contribution in [1.82, 2.24) is 10.0 Å². The molecule has 0 aliphatic rings. The van der Waals surface area contributed by atoms with E-state index in [4.69, 9.17) is 4.74 Å². The second kappa shape index (κ2) is 10.4. The molecular formula is C17H28N2O4S. The monoisotopic (exact) mass is 356 g/mol. The highest BCUT2D eigenvalue weighted by atomic mass is 32.2. The first kappa shape index (κ1) is 20.6. The first-order chi connectivity index (χ1) is 11.4. The van der Waals surface area contributed by atoms with Crippen LogP contribution in [0.15, 0.2) is 29.2 Å². The Bertz CT molecular complexity index is 600. The molecule has 0 bridgehead atoms. The van der Waals surface area contributed by atoms with Gasteiger partial charge >= 0.3 is 0 Å². The maximum absolute atomic E-state index is 12.2. The van der Waals surface area contributed by atoms with Crippen molar-refractivity contribution < 1.29 is 17.9 Å². The largest absolute Gasteiger partial charge is 0.383 e. The average Bonchev–Trinajstić information content (AvgIpc) is 2.55. The van der Waals surface area contributed by atoms with Gasteiger partial charge in [-0.2, -0.15) is 0 Å². The lowest BCUT2D eigenvalue weighted by Gasteiger charge is -2.14. The average molecular weight is 356 g/mol. The Labute approximate surface area is 145 Å². The number of methoxy groups -OCH3 is 1. The standard InChI is InChI=1S/C17H28N2O4S/c1-4-5-6-7-14(2)19-17(20)15-8-10-16(11-9-15)24(21,22)18-12-13-23-3/h8-11,14,18H,4-7,12-13H2,1-3H3,(H,19,20). The first-order valence-electron chi connectivity index (χ1n) is 8.30. The summed E-state index contributed by atoms with van der Waals surface area (Å²) in [4.78, 5) is 12.3. The van der Waals surface area contributed by atoms with Gasteiger partial charge in [0.05, 0.1) is 11.5 Å². The smallest absolute Gasteiger partial charge is 0.251 e. The maximum atomic E-state index is 12.2. The molecule has 136 valence electrons. The van der Waals surface area contributed by atoms with Gasteiger partial charge in [0.25, 0.3) is 5.91 Å². The fourth-order valence-electron chi connectivity index (χ4n) is 2.23. The van der Waals surface area contributed by atoms with Crippen molar-refractivity contribution in [3.63, 3.8) is 0 Å². The number of amides is 1. The number of hydrogen-bond acceptors (Lipinski definition) is 4. The number of sulfonamides is 1. The van der Waals surface area contributed by atoms with Crippen LogP contribution in [0.1, 0.15) is 49.9 Å². The van der Waals surface area contributed by atoms with Gasteiger partial charge < -0.3 is 10.1 Å². The number of ether oxygens (including phenoxy) is 1. The molecule has 1 amide bonds. The number of nitrogens with one attached hydrogen (secondary N) is 2. The minimum Gasteiger partial charge on any atom is -0.383 e. The molecule has 2 N–H and O–H groups in total. The summed E-state index contributed by atoms with van der Waals surface area (Å²) in [6.07, 6.45) is 4.33. The second-order valence-corrected chi connectivity index (χ2v) is 7.55. The van der Waals surface area contributed by atoms with E-state index in [1.165, 1.54) is 31.4 Å². The van der Waals surface area contributed by atoms with Crippen molar-refractivity contribution in [2.75, 3.05) is 20.3 Å². The highest BCUT2D eigenvalue weighted by Gasteiger charge is 2.15. The quantitative estimate of drug-likeness (QED) is 0.596. The molecule has 0 heterocycles. The highest BCUT2D eigenvalue weighted by molar-refractivity contribution is 7.89. The lowest BCUT2D eigenvalue weighted by atomic mass is 10.1. The first-order valence-corrected chi connectivity index (χ1v) is 9.78. The van der Waals surface area contributed by atoms with Crippen LogP contribution in [0, 0.1) is 0 Å². The third-order valence-corrected chi connectivity index (χ3v) is 5.12. The van der Waals surface area contributed by atoms with E-state index in [2.05, 4.69) is 17.0 Å². The summed E-state index contributed by atoms with van der Waals surface area (Å²) in [6.45, 7) is 4.63. The Kier molecular flexibility index (Phi) is 8.95. The molecular weight excluding hydrogens is 328 g/mol. The van der Waals surface area contributed by atoms with Crippen molar-refractivity contribution in [2.24, 2.45) is 0 Å². The van der Waals surface area contributed by atoms with E-state index < -0.39 is 10.0 Å². The van der Waals surface area contributed by atoms with E-state index in [1.54, 1.807) is 0 Å². The van der Waals surface area contributed by atoms with Crippen molar-refractivity contribution in [2.45, 2.75) is 50.5 Å². The lowest BCUT2D eigenvalue weighted by Crippen LogP contribution is -2.32. The molecule has 1 aromatic carbocycles. The molecule has 1 aromatic rings. The van der Waals surface area contributed by atoms with Crippen molar-refractivity contribution in [3.8, 4) is 0 Å². The zero-order chi connectivity index (χ0) is 18.0. The molecule has 0 aliphatic carbocycles. The van der Waals surface area contributed by atoms with Crippen LogP contribution >= 0.6 is 0 Å². The molecule has 0 spiro atoms. The molecule has 24 heavy (non-hydrogen) atoms. The maximum Gasteiger partial charge on any atom is 0.251 e. The van der Waals surface area contributed by atoms with Crippen LogP contribution in [0.3, 0.4) is 0 Å². The minimum atomic E-state index is -3.57. The van der Waals surface area contributed by atoms with Crippen molar-refractivity contribution in [3.05, 3.63) is 29.8 Å². The van der Waals surface area contributed by atoms with Gasteiger partial charge in [-0.05, 0) is 37.6 Å². The number of unbranched alkanes of at least 4 members (excludes halogenated alkanes) is 2. The highest BCUT2D eigenvalue weighted by Crippen LogP contribution is 2.11. The van der Waals surface area contributed by atoms with Crippen LogP contribution in [-0.2, 0) is 14.8 Å². The molecule has 1 rings (SSSR count). The molecule has 0 saturated carbocycles. The molecule has 0 radical (unpaired) electrons. The number of carbonyl (C=O) groups excluding carboxylic acids is 1. The van der Waals surface area contributed by atoms with E-state index in [1.807, 2.05) is 6.92 Å². The summed E-state index contributed by atoms with van der Waals surface area (Å²) in [5.41, 5.74) is 0.452. The van der Waals surface area contributed by atoms with Crippen molar-refractivity contribution in [1.29, 1.82) is 0 Å². The number of hydrogen-bond donors (Lipinski definition) is 2. The minimum absolute atomic E-state index is 0.100. The Balaban J connectivity index is 2.61. The van der Waals surface area contributed by atoms with Crippen molar-refractivity contribution >= 4 is 15.9 Å². The Morgan fingerprint density at radius 2 is 1.88 bits per heavy atom. The zero-order valence-electron chi connectivity index (χ0n) is 14.7. The summed E-state index contributed by atoms with van der Waals surface area (Å²) in [6, 6.07) is 6.03.